The molecule has 0 aromatic heterocycles. The molecule has 1 rings (SSSR count). The van der Waals surface area contributed by atoms with Crippen molar-refractivity contribution >= 4 is 18.9 Å². The molecule has 0 saturated heterocycles. The first-order chi connectivity index (χ1) is 4.41. The van der Waals surface area contributed by atoms with Gasteiger partial charge in [-0.1, -0.05) is 36.4 Å². The third kappa shape index (κ3) is 10.7. The molecule has 0 aliphatic rings. The van der Waals surface area contributed by atoms with Gasteiger partial charge in [0.05, 0.1) is 0 Å². The average Bonchev–Trinajstić information content (AvgIpc) is 1.93. The van der Waals surface area contributed by atoms with Gasteiger partial charge in [-0.15, -0.1) is 0 Å². The molecule has 0 amide bonds. The van der Waals surface area contributed by atoms with E-state index in [1.807, 2.05) is 36.4 Å². The summed E-state index contributed by atoms with van der Waals surface area (Å²) in [5, 5.41) is 7.57. The number of benzene rings is 1. The molecule has 0 unspecified atom stereocenters. The van der Waals surface area contributed by atoms with E-state index in [9.17, 15) is 0 Å². The summed E-state index contributed by atoms with van der Waals surface area (Å²) in [7, 11) is 0. The minimum Gasteiger partial charge on any atom is -0.0623 e. The molecule has 52 valence electrons. The molecular weight excluding hydrogens is 119 g/mol. The molecule has 0 saturated carbocycles. The Morgan fingerprint density at radius 3 is 1.10 bits per heavy atom. The smallest absolute Gasteiger partial charge is 0.0623 e. The van der Waals surface area contributed by atoms with Crippen molar-refractivity contribution in [2.45, 2.75) is 6.92 Å². The van der Waals surface area contributed by atoms with Crippen LogP contribution in [0.3, 0.4) is 0 Å². The van der Waals surface area contributed by atoms with Crippen molar-refractivity contribution in [1.29, 1.82) is 0 Å². The van der Waals surface area contributed by atoms with Gasteiger partial charge in [0.25, 0.3) is 0 Å². The molecule has 0 fully saturated rings. The van der Waals surface area contributed by atoms with Crippen LogP contribution in [0.25, 0.3) is 0 Å². The Bertz CT molecular complexity index is 92.1. The maximum atomic E-state index is 7.57. The van der Waals surface area contributed by atoms with E-state index in [0.29, 0.717) is 0 Å². The van der Waals surface area contributed by atoms with Crippen LogP contribution in [0.2, 0.25) is 0 Å². The molecular formula is C8H13LiO. The molecule has 1 N–H and O–H groups in total. The largest absolute Gasteiger partial charge is 0.0623 e. The van der Waals surface area contributed by atoms with Gasteiger partial charge in [0.1, 0.15) is 0 Å². The van der Waals surface area contributed by atoms with Gasteiger partial charge in [-0.3, -0.25) is 0 Å². The Hall–Kier alpha value is -0.223. The molecule has 1 aromatic carbocycles. The van der Waals surface area contributed by atoms with Crippen LogP contribution in [0, 0.1) is 0 Å². The molecule has 1 nitrogen and oxygen atoms in total. The minimum absolute atomic E-state index is 0. The Balaban J connectivity index is 0. The molecule has 0 aliphatic carbocycles. The maximum Gasteiger partial charge on any atom is -0.0623 e. The summed E-state index contributed by atoms with van der Waals surface area (Å²) in [4.78, 5) is 0. The number of hydrogen-bond acceptors (Lipinski definition) is 1. The predicted octanol–water partition coefficient (Wildman–Crippen LogP) is 1.04. The van der Waals surface area contributed by atoms with Crippen LogP contribution in [-0.2, 0) is 0 Å². The molecule has 0 radical (unpaired) electrons. The van der Waals surface area contributed by atoms with Gasteiger partial charge in [-0.2, -0.15) is 0 Å². The SMILES string of the molecule is CCO.[LiH].c1ccccc1. The fourth-order valence-electron chi connectivity index (χ4n) is 0.385. The summed E-state index contributed by atoms with van der Waals surface area (Å²) in [6.45, 7) is 1.93. The Morgan fingerprint density at radius 1 is 0.900 bits per heavy atom. The molecule has 0 spiro atoms. The topological polar surface area (TPSA) is 20.2 Å². The Kier molecular flexibility index (Phi) is 14.4. The van der Waals surface area contributed by atoms with Crippen LogP contribution >= 0.6 is 0 Å². The molecule has 10 heavy (non-hydrogen) atoms. The van der Waals surface area contributed by atoms with Gasteiger partial charge in [0, 0.05) is 6.61 Å². The van der Waals surface area contributed by atoms with Crippen molar-refractivity contribution in [2.24, 2.45) is 0 Å². The zero-order valence-electron chi connectivity index (χ0n) is 5.62. The molecule has 0 heterocycles. The number of rotatable bonds is 0. The van der Waals surface area contributed by atoms with Crippen LogP contribution < -0.4 is 0 Å². The minimum atomic E-state index is 0. The van der Waals surface area contributed by atoms with Crippen LogP contribution in [0.1, 0.15) is 6.92 Å². The second-order valence-corrected chi connectivity index (χ2v) is 1.47. The van der Waals surface area contributed by atoms with Gasteiger partial charge < -0.3 is 5.11 Å². The summed E-state index contributed by atoms with van der Waals surface area (Å²) in [5.74, 6) is 0. The first kappa shape index (κ1) is 12.5. The van der Waals surface area contributed by atoms with Crippen molar-refractivity contribution < 1.29 is 5.11 Å². The van der Waals surface area contributed by atoms with Crippen molar-refractivity contribution in [1.82, 2.24) is 0 Å². The van der Waals surface area contributed by atoms with E-state index in [1.165, 1.54) is 0 Å². The molecule has 1 aromatic rings. The van der Waals surface area contributed by atoms with E-state index in [0.717, 1.165) is 0 Å². The monoisotopic (exact) mass is 132 g/mol. The number of aliphatic hydroxyl groups is 1. The predicted molar refractivity (Wildman–Crippen MR) is 46.4 cm³/mol. The molecule has 0 aliphatic heterocycles. The third-order valence-electron chi connectivity index (χ3n) is 0.667. The maximum absolute atomic E-state index is 7.57. The Labute approximate surface area is 74.3 Å². The van der Waals surface area contributed by atoms with Gasteiger partial charge in [-0.05, 0) is 6.92 Å². The third-order valence-corrected chi connectivity index (χ3v) is 0.667. The first-order valence-electron chi connectivity index (χ1n) is 3.02. The quantitative estimate of drug-likeness (QED) is 0.523. The second-order valence-electron chi connectivity index (χ2n) is 1.47. The van der Waals surface area contributed by atoms with E-state index in [1.54, 1.807) is 6.92 Å². The zero-order valence-corrected chi connectivity index (χ0v) is 5.62. The van der Waals surface area contributed by atoms with Crippen LogP contribution in [-0.4, -0.2) is 30.6 Å². The van der Waals surface area contributed by atoms with E-state index in [-0.39, 0.29) is 25.5 Å². The van der Waals surface area contributed by atoms with Crippen LogP contribution in [0.15, 0.2) is 36.4 Å². The number of hydrogen-bond donors (Lipinski definition) is 1. The standard InChI is InChI=1S/C6H6.C2H6O.Li.H/c1-2-4-6-5-3-1;1-2-3;;/h1-6H;3H,2H2,1H3;;. The number of aliphatic hydroxyl groups excluding tert-OH is 1. The fourth-order valence-corrected chi connectivity index (χ4v) is 0.385. The van der Waals surface area contributed by atoms with E-state index >= 15 is 0 Å². The fraction of sp³-hybridized carbons (Fsp3) is 0.250. The molecule has 2 heteroatoms. The van der Waals surface area contributed by atoms with Crippen LogP contribution in [0.5, 0.6) is 0 Å². The molecule has 0 bridgehead atoms. The summed E-state index contributed by atoms with van der Waals surface area (Å²) in [6, 6.07) is 12.0. The van der Waals surface area contributed by atoms with E-state index in [4.69, 9.17) is 5.11 Å². The average molecular weight is 132 g/mol. The van der Waals surface area contributed by atoms with E-state index < -0.39 is 0 Å². The normalized spacial score (nSPS) is 6.60. The van der Waals surface area contributed by atoms with Crippen LogP contribution in [0.4, 0.5) is 0 Å². The summed E-state index contributed by atoms with van der Waals surface area (Å²) >= 11 is 0. The van der Waals surface area contributed by atoms with E-state index in [2.05, 4.69) is 0 Å². The first-order valence-corrected chi connectivity index (χ1v) is 3.02. The summed E-state index contributed by atoms with van der Waals surface area (Å²) in [5.41, 5.74) is 0. The second kappa shape index (κ2) is 11.6. The van der Waals surface area contributed by atoms with Crippen molar-refractivity contribution in [3.05, 3.63) is 36.4 Å². The van der Waals surface area contributed by atoms with Crippen molar-refractivity contribution in [3.63, 3.8) is 0 Å². The zero-order chi connectivity index (χ0) is 6.95. The van der Waals surface area contributed by atoms with Gasteiger partial charge in [0.15, 0.2) is 0 Å². The summed E-state index contributed by atoms with van der Waals surface area (Å²) < 4.78 is 0. The van der Waals surface area contributed by atoms with Gasteiger partial charge in [0.2, 0.25) is 0 Å². The van der Waals surface area contributed by atoms with Crippen molar-refractivity contribution in [2.75, 3.05) is 6.61 Å². The molecule has 0 atom stereocenters. The van der Waals surface area contributed by atoms with Gasteiger partial charge >= 0.3 is 18.9 Å². The summed E-state index contributed by atoms with van der Waals surface area (Å²) in [6.07, 6.45) is 0. The van der Waals surface area contributed by atoms with Gasteiger partial charge in [-0.25, -0.2) is 0 Å². The Morgan fingerprint density at radius 2 is 1.00 bits per heavy atom. The van der Waals surface area contributed by atoms with Crippen molar-refractivity contribution in [3.8, 4) is 0 Å².